The zero-order chi connectivity index (χ0) is 13.5. The first-order chi connectivity index (χ1) is 8.60. The highest BCUT2D eigenvalue weighted by Gasteiger charge is 2.27. The van der Waals surface area contributed by atoms with Crippen LogP contribution in [0.2, 0.25) is 0 Å². The zero-order valence-electron chi connectivity index (χ0n) is 10.0. The third kappa shape index (κ3) is 3.31. The van der Waals surface area contributed by atoms with Gasteiger partial charge in [0.15, 0.2) is 6.19 Å². The van der Waals surface area contributed by atoms with Crippen LogP contribution in [-0.4, -0.2) is 27.9 Å². The Kier molecular flexibility index (Phi) is 3.71. The Morgan fingerprint density at radius 1 is 1.53 bits per heavy atom. The lowest BCUT2D eigenvalue weighted by Crippen LogP contribution is -2.42. The molecule has 0 aliphatic heterocycles. The van der Waals surface area contributed by atoms with Gasteiger partial charge in [0, 0.05) is 14.7 Å². The summed E-state index contributed by atoms with van der Waals surface area (Å²) in [7, 11) is 0. The highest BCUT2D eigenvalue weighted by molar-refractivity contribution is 5.83. The van der Waals surface area contributed by atoms with Crippen molar-refractivity contribution in [2.75, 3.05) is 0 Å². The summed E-state index contributed by atoms with van der Waals surface area (Å²) in [6.45, 7) is -0.647. The van der Waals surface area contributed by atoms with Gasteiger partial charge in [-0.05, 0) is 5.56 Å². The molecule has 0 heterocycles. The number of nitrogens with zero attached hydrogens (tertiary/aromatic N) is 2. The normalized spacial score (nSPS) is 12.1. The average molecular weight is 233 g/mol. The van der Waals surface area contributed by atoms with Gasteiger partial charge in [-0.15, -0.1) is 0 Å². The van der Waals surface area contributed by atoms with Crippen LogP contribution in [0.3, 0.4) is 0 Å². The van der Waals surface area contributed by atoms with Crippen LogP contribution in [0.1, 0.15) is 13.8 Å². The summed E-state index contributed by atoms with van der Waals surface area (Å²) < 4.78 is 6.92. The predicted octanol–water partition coefficient (Wildman–Crippen LogP) is 1.01. The van der Waals surface area contributed by atoms with E-state index in [0.29, 0.717) is 10.5 Å². The molecule has 1 aromatic carbocycles. The Bertz CT molecular complexity index is 470. The van der Waals surface area contributed by atoms with Crippen LogP contribution in [0, 0.1) is 11.5 Å². The fourth-order valence-corrected chi connectivity index (χ4v) is 1.43. The summed E-state index contributed by atoms with van der Waals surface area (Å²) in [6, 6.07) is 7.45. The number of carboxylic acids is 1. The molecule has 17 heavy (non-hydrogen) atoms. The maximum atomic E-state index is 11.3. The monoisotopic (exact) mass is 233 g/mol. The lowest BCUT2D eigenvalue weighted by Gasteiger charge is -2.20. The SMILES string of the molecule is [2H]CC(=O)N(C#N)[C@@H](Cc1ccccc1)C(=O)O. The summed E-state index contributed by atoms with van der Waals surface area (Å²) in [5.41, 5.74) is 0.711. The fourth-order valence-electron chi connectivity index (χ4n) is 1.43. The van der Waals surface area contributed by atoms with Gasteiger partial charge in [0.05, 0.1) is 0 Å². The molecule has 1 atom stereocenters. The molecule has 1 aromatic rings. The van der Waals surface area contributed by atoms with Gasteiger partial charge < -0.3 is 5.11 Å². The van der Waals surface area contributed by atoms with Crippen molar-refractivity contribution in [1.82, 2.24) is 4.90 Å². The number of carbonyl (C=O) groups is 2. The van der Waals surface area contributed by atoms with Crippen LogP contribution in [0.5, 0.6) is 0 Å². The minimum Gasteiger partial charge on any atom is -0.480 e. The van der Waals surface area contributed by atoms with Gasteiger partial charge in [0.25, 0.3) is 0 Å². The van der Waals surface area contributed by atoms with E-state index in [1.54, 1.807) is 30.3 Å². The number of rotatable bonds is 4. The molecule has 0 radical (unpaired) electrons. The molecule has 0 unspecified atom stereocenters. The van der Waals surface area contributed by atoms with E-state index in [1.807, 2.05) is 0 Å². The van der Waals surface area contributed by atoms with Crippen molar-refractivity contribution >= 4 is 11.9 Å². The van der Waals surface area contributed by atoms with Crippen LogP contribution in [0.25, 0.3) is 0 Å². The smallest absolute Gasteiger partial charge is 0.328 e. The Balaban J connectivity index is 2.93. The highest BCUT2D eigenvalue weighted by Crippen LogP contribution is 2.09. The van der Waals surface area contributed by atoms with E-state index in [0.717, 1.165) is 0 Å². The number of aliphatic carboxylic acids is 1. The predicted molar refractivity (Wildman–Crippen MR) is 59.7 cm³/mol. The van der Waals surface area contributed by atoms with Gasteiger partial charge in [-0.2, -0.15) is 5.26 Å². The summed E-state index contributed by atoms with van der Waals surface area (Å²) in [5, 5.41) is 17.9. The molecule has 0 aromatic heterocycles. The number of benzene rings is 1. The van der Waals surface area contributed by atoms with Gasteiger partial charge >= 0.3 is 5.97 Å². The molecule has 1 rings (SSSR count). The van der Waals surface area contributed by atoms with Gasteiger partial charge in [0.1, 0.15) is 6.04 Å². The van der Waals surface area contributed by atoms with E-state index in [4.69, 9.17) is 11.7 Å². The van der Waals surface area contributed by atoms with E-state index in [-0.39, 0.29) is 6.42 Å². The van der Waals surface area contributed by atoms with Gasteiger partial charge in [-0.25, -0.2) is 9.69 Å². The molecule has 0 spiro atoms. The first-order valence-electron chi connectivity index (χ1n) is 5.58. The number of carboxylic acid groups (broad SMARTS) is 1. The first kappa shape index (κ1) is 11.1. The van der Waals surface area contributed by atoms with Gasteiger partial charge in [-0.3, -0.25) is 4.79 Å². The first-order valence-corrected chi connectivity index (χ1v) is 4.88. The third-order valence-corrected chi connectivity index (χ3v) is 2.25. The lowest BCUT2D eigenvalue weighted by atomic mass is 10.1. The molecule has 0 saturated carbocycles. The van der Waals surface area contributed by atoms with Crippen molar-refractivity contribution < 1.29 is 16.1 Å². The molecule has 0 bridgehead atoms. The second kappa shape index (κ2) is 5.66. The molecule has 0 aliphatic carbocycles. The van der Waals surface area contributed by atoms with Crippen LogP contribution in [-0.2, 0) is 16.0 Å². The largest absolute Gasteiger partial charge is 0.480 e. The van der Waals surface area contributed by atoms with E-state index in [2.05, 4.69) is 0 Å². The average Bonchev–Trinajstić information content (AvgIpc) is 2.39. The molecule has 5 nitrogen and oxygen atoms in total. The summed E-state index contributed by atoms with van der Waals surface area (Å²) in [4.78, 5) is 23.0. The van der Waals surface area contributed by atoms with Crippen LogP contribution in [0.4, 0.5) is 0 Å². The molecule has 5 heteroatoms. The van der Waals surface area contributed by atoms with Crippen molar-refractivity contribution in [3.63, 3.8) is 0 Å². The van der Waals surface area contributed by atoms with Crippen LogP contribution in [0.15, 0.2) is 30.3 Å². The Labute approximate surface area is 100 Å². The maximum Gasteiger partial charge on any atom is 0.328 e. The lowest BCUT2D eigenvalue weighted by molar-refractivity contribution is -0.146. The molecular weight excluding hydrogens is 220 g/mol. The summed E-state index contributed by atoms with van der Waals surface area (Å²) in [6.07, 6.45) is 1.57. The van der Waals surface area contributed by atoms with Crippen molar-refractivity contribution in [3.8, 4) is 6.19 Å². The molecule has 0 saturated heterocycles. The van der Waals surface area contributed by atoms with E-state index >= 15 is 0 Å². The third-order valence-electron chi connectivity index (χ3n) is 2.25. The second-order valence-electron chi connectivity index (χ2n) is 3.41. The zero-order valence-corrected chi connectivity index (χ0v) is 9.04. The van der Waals surface area contributed by atoms with Crippen molar-refractivity contribution in [2.24, 2.45) is 0 Å². The van der Waals surface area contributed by atoms with Crippen LogP contribution >= 0.6 is 0 Å². The second-order valence-corrected chi connectivity index (χ2v) is 3.41. The number of nitriles is 1. The molecule has 0 aliphatic rings. The molecule has 88 valence electrons. The quantitative estimate of drug-likeness (QED) is 0.621. The molecule has 1 amide bonds. The molecule has 0 fully saturated rings. The van der Waals surface area contributed by atoms with E-state index in [1.165, 1.54) is 6.19 Å². The maximum absolute atomic E-state index is 11.3. The number of carbonyl (C=O) groups excluding carboxylic acids is 1. The van der Waals surface area contributed by atoms with E-state index in [9.17, 15) is 9.59 Å². The number of hydrogen-bond acceptors (Lipinski definition) is 3. The van der Waals surface area contributed by atoms with Crippen LogP contribution < -0.4 is 0 Å². The number of hydrogen-bond donors (Lipinski definition) is 1. The van der Waals surface area contributed by atoms with E-state index < -0.39 is 24.8 Å². The standard InChI is InChI=1S/C12H12N2O3/c1-9(15)14(8-13)11(12(16)17)7-10-5-3-2-4-6-10/h2-6,11H,7H2,1H3,(H,16,17)/t11-/m0/s1/i1D. The van der Waals surface area contributed by atoms with Gasteiger partial charge in [-0.1, -0.05) is 30.3 Å². The van der Waals surface area contributed by atoms with Gasteiger partial charge in [0.2, 0.25) is 5.91 Å². The van der Waals surface area contributed by atoms with Crippen molar-refractivity contribution in [3.05, 3.63) is 35.9 Å². The number of amides is 1. The Hall–Kier alpha value is -2.35. The minimum absolute atomic E-state index is 0.0372. The summed E-state index contributed by atoms with van der Waals surface area (Å²) in [5.74, 6) is -2.08. The fraction of sp³-hybridized carbons (Fsp3) is 0.250. The Morgan fingerprint density at radius 3 is 2.65 bits per heavy atom. The molecular formula is C12H12N2O3. The van der Waals surface area contributed by atoms with Crippen molar-refractivity contribution in [2.45, 2.75) is 19.4 Å². The topological polar surface area (TPSA) is 81.4 Å². The summed E-state index contributed by atoms with van der Waals surface area (Å²) >= 11 is 0. The molecule has 1 N–H and O–H groups in total. The Morgan fingerprint density at radius 2 is 2.18 bits per heavy atom. The van der Waals surface area contributed by atoms with Crippen molar-refractivity contribution in [1.29, 1.82) is 5.26 Å². The highest BCUT2D eigenvalue weighted by atomic mass is 16.4. The minimum atomic E-state index is -1.27.